The third kappa shape index (κ3) is 4.45. The highest BCUT2D eigenvalue weighted by Gasteiger charge is 2.09. The summed E-state index contributed by atoms with van der Waals surface area (Å²) in [4.78, 5) is 0. The van der Waals surface area contributed by atoms with E-state index in [1.165, 1.54) is 11.1 Å². The fourth-order valence-electron chi connectivity index (χ4n) is 2.56. The molecular weight excluding hydrogens is 316 g/mol. The van der Waals surface area contributed by atoms with E-state index in [2.05, 4.69) is 29.3 Å². The number of rotatable bonds is 7. The van der Waals surface area contributed by atoms with Crippen LogP contribution in [0.2, 0.25) is 0 Å². The number of aliphatic hydroxyl groups is 1. The molecule has 5 nitrogen and oxygen atoms in total. The molecular formula is C20H22N2O3. The molecule has 1 N–H and O–H groups in total. The van der Waals surface area contributed by atoms with E-state index in [0.29, 0.717) is 30.4 Å². The number of aliphatic hydroxyl groups excluding tert-OH is 1. The maximum absolute atomic E-state index is 9.80. The van der Waals surface area contributed by atoms with Gasteiger partial charge < -0.3 is 14.3 Å². The Morgan fingerprint density at radius 2 is 1.76 bits per heavy atom. The van der Waals surface area contributed by atoms with Gasteiger partial charge >= 0.3 is 0 Å². The van der Waals surface area contributed by atoms with Crippen LogP contribution in [0, 0.1) is 6.92 Å². The van der Waals surface area contributed by atoms with Gasteiger partial charge in [0.05, 0.1) is 12.5 Å². The summed E-state index contributed by atoms with van der Waals surface area (Å²) in [5.41, 5.74) is 3.25. The fraction of sp³-hybridized carbons (Fsp3) is 0.300. The second kappa shape index (κ2) is 7.94. The number of hydrogen-bond acceptors (Lipinski definition) is 5. The first-order valence-electron chi connectivity index (χ1n) is 8.42. The highest BCUT2D eigenvalue weighted by atomic mass is 16.5. The van der Waals surface area contributed by atoms with Crippen molar-refractivity contribution in [3.63, 3.8) is 0 Å². The average Bonchev–Trinajstić information content (AvgIpc) is 3.09. The van der Waals surface area contributed by atoms with Crippen LogP contribution in [0.4, 0.5) is 0 Å². The molecule has 0 aliphatic carbocycles. The average molecular weight is 338 g/mol. The molecule has 3 aromatic rings. The lowest BCUT2D eigenvalue weighted by atomic mass is 10.1. The van der Waals surface area contributed by atoms with Crippen LogP contribution in [-0.4, -0.2) is 15.3 Å². The molecule has 3 rings (SSSR count). The number of benzene rings is 2. The van der Waals surface area contributed by atoms with Gasteiger partial charge in [-0.25, -0.2) is 0 Å². The van der Waals surface area contributed by atoms with E-state index in [9.17, 15) is 5.11 Å². The van der Waals surface area contributed by atoms with Crippen molar-refractivity contribution in [3.05, 3.63) is 77.0 Å². The standard InChI is InChI=1S/C20H22N2O3/c1-3-18(23)15-8-10-17(11-9-15)24-13-20-22-21-19(25-20)12-16-7-5-4-6-14(16)2/h4-11,18,23H,3,12-13H2,1-2H3. The zero-order valence-corrected chi connectivity index (χ0v) is 14.5. The SMILES string of the molecule is CCC(O)c1ccc(OCc2nnc(Cc3ccccc3C)o2)cc1. The van der Waals surface area contributed by atoms with Gasteiger partial charge in [0, 0.05) is 0 Å². The van der Waals surface area contributed by atoms with Gasteiger partial charge in [-0.1, -0.05) is 43.3 Å². The van der Waals surface area contributed by atoms with Gasteiger partial charge in [-0.05, 0) is 42.2 Å². The second-order valence-corrected chi connectivity index (χ2v) is 5.97. The molecule has 130 valence electrons. The van der Waals surface area contributed by atoms with Crippen LogP contribution in [0.25, 0.3) is 0 Å². The third-order valence-corrected chi connectivity index (χ3v) is 4.13. The molecule has 0 amide bonds. The Balaban J connectivity index is 1.57. The highest BCUT2D eigenvalue weighted by Crippen LogP contribution is 2.20. The maximum atomic E-state index is 9.80. The summed E-state index contributed by atoms with van der Waals surface area (Å²) in [6.07, 6.45) is 0.865. The second-order valence-electron chi connectivity index (χ2n) is 5.97. The van der Waals surface area contributed by atoms with Crippen LogP contribution in [0.1, 0.15) is 47.9 Å². The molecule has 0 bridgehead atoms. The molecule has 1 aromatic heterocycles. The molecule has 0 saturated carbocycles. The first-order chi connectivity index (χ1) is 12.2. The molecule has 5 heteroatoms. The number of ether oxygens (including phenoxy) is 1. The van der Waals surface area contributed by atoms with Crippen LogP contribution in [0.15, 0.2) is 52.9 Å². The van der Waals surface area contributed by atoms with Crippen molar-refractivity contribution < 1.29 is 14.3 Å². The van der Waals surface area contributed by atoms with Gasteiger partial charge in [0.15, 0.2) is 6.61 Å². The summed E-state index contributed by atoms with van der Waals surface area (Å²) < 4.78 is 11.3. The lowest BCUT2D eigenvalue weighted by Gasteiger charge is -2.09. The van der Waals surface area contributed by atoms with Gasteiger partial charge in [0.25, 0.3) is 5.89 Å². The third-order valence-electron chi connectivity index (χ3n) is 4.13. The monoisotopic (exact) mass is 338 g/mol. The number of aryl methyl sites for hydroxylation is 1. The number of nitrogens with zero attached hydrogens (tertiary/aromatic N) is 2. The molecule has 1 heterocycles. The molecule has 25 heavy (non-hydrogen) atoms. The summed E-state index contributed by atoms with van der Waals surface area (Å²) in [7, 11) is 0. The normalized spacial score (nSPS) is 12.1. The van der Waals surface area contributed by atoms with E-state index >= 15 is 0 Å². The van der Waals surface area contributed by atoms with Crippen molar-refractivity contribution in [2.45, 2.75) is 39.4 Å². The lowest BCUT2D eigenvalue weighted by molar-refractivity contribution is 0.173. The number of aromatic nitrogens is 2. The Morgan fingerprint density at radius 1 is 1.04 bits per heavy atom. The summed E-state index contributed by atoms with van der Waals surface area (Å²) in [6.45, 7) is 4.23. The Labute approximate surface area is 147 Å². The molecule has 0 aliphatic heterocycles. The largest absolute Gasteiger partial charge is 0.484 e. The lowest BCUT2D eigenvalue weighted by Crippen LogP contribution is -1.97. The van der Waals surface area contributed by atoms with Crippen molar-refractivity contribution in [1.82, 2.24) is 10.2 Å². The van der Waals surface area contributed by atoms with E-state index in [1.54, 1.807) is 0 Å². The van der Waals surface area contributed by atoms with E-state index in [4.69, 9.17) is 9.15 Å². The molecule has 1 unspecified atom stereocenters. The molecule has 0 saturated heterocycles. The van der Waals surface area contributed by atoms with Gasteiger partial charge in [0.1, 0.15) is 5.75 Å². The molecule has 0 radical (unpaired) electrons. The fourth-order valence-corrected chi connectivity index (χ4v) is 2.56. The molecule has 0 fully saturated rings. The first-order valence-corrected chi connectivity index (χ1v) is 8.42. The van der Waals surface area contributed by atoms with Gasteiger partial charge in [-0.15, -0.1) is 10.2 Å². The number of hydrogen-bond donors (Lipinski definition) is 1. The summed E-state index contributed by atoms with van der Waals surface area (Å²) in [5.74, 6) is 1.72. The van der Waals surface area contributed by atoms with Crippen LogP contribution in [0.5, 0.6) is 5.75 Å². The first kappa shape index (κ1) is 17.2. The maximum Gasteiger partial charge on any atom is 0.253 e. The van der Waals surface area contributed by atoms with E-state index in [-0.39, 0.29) is 6.61 Å². The van der Waals surface area contributed by atoms with E-state index < -0.39 is 6.10 Å². The van der Waals surface area contributed by atoms with E-state index in [1.807, 2.05) is 43.3 Å². The Hall–Kier alpha value is -2.66. The van der Waals surface area contributed by atoms with Crippen molar-refractivity contribution in [1.29, 1.82) is 0 Å². The highest BCUT2D eigenvalue weighted by molar-refractivity contribution is 5.29. The molecule has 1 atom stereocenters. The van der Waals surface area contributed by atoms with Crippen LogP contribution < -0.4 is 4.74 Å². The van der Waals surface area contributed by atoms with Gasteiger partial charge in [0.2, 0.25) is 5.89 Å². The zero-order chi connectivity index (χ0) is 17.6. The van der Waals surface area contributed by atoms with Crippen LogP contribution >= 0.6 is 0 Å². The minimum atomic E-state index is -0.436. The summed E-state index contributed by atoms with van der Waals surface area (Å²) >= 11 is 0. The van der Waals surface area contributed by atoms with Crippen molar-refractivity contribution >= 4 is 0 Å². The van der Waals surface area contributed by atoms with Crippen molar-refractivity contribution in [2.24, 2.45) is 0 Å². The van der Waals surface area contributed by atoms with Crippen molar-refractivity contribution in [3.8, 4) is 5.75 Å². The van der Waals surface area contributed by atoms with Gasteiger partial charge in [-0.3, -0.25) is 0 Å². The summed E-state index contributed by atoms with van der Waals surface area (Å²) in [5, 5.41) is 17.9. The predicted molar refractivity (Wildman–Crippen MR) is 94.3 cm³/mol. The Kier molecular flexibility index (Phi) is 5.46. The zero-order valence-electron chi connectivity index (χ0n) is 14.5. The Bertz CT molecular complexity index is 812. The Morgan fingerprint density at radius 3 is 2.48 bits per heavy atom. The minimum Gasteiger partial charge on any atom is -0.484 e. The quantitative estimate of drug-likeness (QED) is 0.705. The minimum absolute atomic E-state index is 0.219. The summed E-state index contributed by atoms with van der Waals surface area (Å²) in [6, 6.07) is 15.5. The molecule has 0 aliphatic rings. The van der Waals surface area contributed by atoms with E-state index in [0.717, 1.165) is 5.56 Å². The van der Waals surface area contributed by atoms with Crippen LogP contribution in [-0.2, 0) is 13.0 Å². The van der Waals surface area contributed by atoms with Gasteiger partial charge in [-0.2, -0.15) is 0 Å². The van der Waals surface area contributed by atoms with Crippen LogP contribution in [0.3, 0.4) is 0 Å². The van der Waals surface area contributed by atoms with Crippen molar-refractivity contribution in [2.75, 3.05) is 0 Å². The topological polar surface area (TPSA) is 68.4 Å². The molecule has 0 spiro atoms. The molecule has 2 aromatic carbocycles. The predicted octanol–water partition coefficient (Wildman–Crippen LogP) is 3.99. The smallest absolute Gasteiger partial charge is 0.253 e.